The number of halogens is 1. The SMILES string of the molecule is CC(C)N(Cc1csc(COc2cccc(Cl)c2)n1)C(=O)c1cccs1. The summed E-state index contributed by atoms with van der Waals surface area (Å²) in [6.07, 6.45) is 0. The fourth-order valence-electron chi connectivity index (χ4n) is 2.39. The molecule has 3 rings (SSSR count). The molecule has 0 spiro atoms. The quantitative estimate of drug-likeness (QED) is 0.521. The molecule has 1 aromatic carbocycles. The number of carbonyl (C=O) groups is 1. The summed E-state index contributed by atoms with van der Waals surface area (Å²) in [5.41, 5.74) is 0.873. The van der Waals surface area contributed by atoms with Crippen molar-refractivity contribution in [3.63, 3.8) is 0 Å². The maximum absolute atomic E-state index is 12.7. The van der Waals surface area contributed by atoms with E-state index in [0.717, 1.165) is 15.6 Å². The third-order valence-electron chi connectivity index (χ3n) is 3.71. The molecule has 136 valence electrons. The number of thiazole rings is 1. The van der Waals surface area contributed by atoms with E-state index in [-0.39, 0.29) is 11.9 Å². The Hall–Kier alpha value is -1.89. The second-order valence-electron chi connectivity index (χ2n) is 5.98. The molecule has 3 aromatic rings. The van der Waals surface area contributed by atoms with E-state index < -0.39 is 0 Å². The van der Waals surface area contributed by atoms with Crippen molar-refractivity contribution in [3.8, 4) is 5.75 Å². The van der Waals surface area contributed by atoms with E-state index >= 15 is 0 Å². The first-order valence-electron chi connectivity index (χ1n) is 8.19. The normalized spacial score (nSPS) is 10.9. The fourth-order valence-corrected chi connectivity index (χ4v) is 3.95. The van der Waals surface area contributed by atoms with Crippen LogP contribution in [0.5, 0.6) is 5.75 Å². The molecule has 2 heterocycles. The van der Waals surface area contributed by atoms with Crippen LogP contribution in [0.15, 0.2) is 47.2 Å². The van der Waals surface area contributed by atoms with Crippen LogP contribution in [0.25, 0.3) is 0 Å². The zero-order valence-corrected chi connectivity index (χ0v) is 16.9. The van der Waals surface area contributed by atoms with Gasteiger partial charge in [0.25, 0.3) is 5.91 Å². The van der Waals surface area contributed by atoms with Crippen LogP contribution in [-0.2, 0) is 13.2 Å². The number of carbonyl (C=O) groups excluding carboxylic acids is 1. The highest BCUT2D eigenvalue weighted by molar-refractivity contribution is 7.12. The van der Waals surface area contributed by atoms with Gasteiger partial charge >= 0.3 is 0 Å². The van der Waals surface area contributed by atoms with E-state index in [4.69, 9.17) is 16.3 Å². The second-order valence-corrected chi connectivity index (χ2v) is 8.31. The highest BCUT2D eigenvalue weighted by atomic mass is 35.5. The lowest BCUT2D eigenvalue weighted by molar-refractivity contribution is 0.0693. The lowest BCUT2D eigenvalue weighted by Gasteiger charge is -2.25. The van der Waals surface area contributed by atoms with E-state index in [1.807, 2.05) is 53.8 Å². The molecule has 0 aliphatic carbocycles. The molecule has 4 nitrogen and oxygen atoms in total. The summed E-state index contributed by atoms with van der Waals surface area (Å²) in [6.45, 7) is 4.90. The van der Waals surface area contributed by atoms with Crippen LogP contribution in [0, 0.1) is 0 Å². The van der Waals surface area contributed by atoms with Crippen molar-refractivity contribution >= 4 is 40.2 Å². The van der Waals surface area contributed by atoms with Crippen molar-refractivity contribution in [2.24, 2.45) is 0 Å². The summed E-state index contributed by atoms with van der Waals surface area (Å²) >= 11 is 8.95. The molecule has 2 aromatic heterocycles. The van der Waals surface area contributed by atoms with Crippen molar-refractivity contribution in [1.82, 2.24) is 9.88 Å². The maximum Gasteiger partial charge on any atom is 0.264 e. The average molecular weight is 407 g/mol. The highest BCUT2D eigenvalue weighted by Gasteiger charge is 2.21. The number of amides is 1. The molecule has 0 unspecified atom stereocenters. The largest absolute Gasteiger partial charge is 0.486 e. The minimum atomic E-state index is 0.0414. The Balaban J connectivity index is 1.63. The zero-order valence-electron chi connectivity index (χ0n) is 14.5. The summed E-state index contributed by atoms with van der Waals surface area (Å²) in [7, 11) is 0. The number of aromatic nitrogens is 1. The molecule has 7 heteroatoms. The van der Waals surface area contributed by atoms with Crippen molar-refractivity contribution in [1.29, 1.82) is 0 Å². The van der Waals surface area contributed by atoms with Gasteiger partial charge in [-0.1, -0.05) is 23.7 Å². The predicted octanol–water partition coefficient (Wildman–Crippen LogP) is 5.49. The van der Waals surface area contributed by atoms with Gasteiger partial charge in [0.2, 0.25) is 0 Å². The van der Waals surface area contributed by atoms with E-state index in [1.54, 1.807) is 12.1 Å². The summed E-state index contributed by atoms with van der Waals surface area (Å²) in [4.78, 5) is 19.9. The van der Waals surface area contributed by atoms with E-state index in [0.29, 0.717) is 23.9 Å². The lowest BCUT2D eigenvalue weighted by Crippen LogP contribution is -2.36. The smallest absolute Gasteiger partial charge is 0.264 e. The van der Waals surface area contributed by atoms with Crippen LogP contribution in [0.1, 0.15) is 34.2 Å². The number of thiophene rings is 1. The number of rotatable bonds is 7. The van der Waals surface area contributed by atoms with Crippen molar-refractivity contribution < 1.29 is 9.53 Å². The van der Waals surface area contributed by atoms with Gasteiger partial charge in [-0.05, 0) is 43.5 Å². The van der Waals surface area contributed by atoms with Gasteiger partial charge in [0.1, 0.15) is 17.4 Å². The number of benzene rings is 1. The van der Waals surface area contributed by atoms with Crippen molar-refractivity contribution in [2.45, 2.75) is 33.0 Å². The minimum Gasteiger partial charge on any atom is -0.486 e. The van der Waals surface area contributed by atoms with Crippen molar-refractivity contribution in [3.05, 3.63) is 67.8 Å². The standard InChI is InChI=1S/C19H19ClN2O2S2/c1-13(2)22(19(23)17-7-4-8-25-17)10-15-12-26-18(21-15)11-24-16-6-3-5-14(20)9-16/h3-9,12-13H,10-11H2,1-2H3. The monoisotopic (exact) mass is 406 g/mol. The Morgan fingerprint density at radius 2 is 2.12 bits per heavy atom. The molecule has 0 saturated carbocycles. The van der Waals surface area contributed by atoms with Crippen molar-refractivity contribution in [2.75, 3.05) is 0 Å². The molecule has 1 amide bonds. The molecule has 0 radical (unpaired) electrons. The van der Waals surface area contributed by atoms with Gasteiger partial charge in [0, 0.05) is 16.4 Å². The number of ether oxygens (including phenoxy) is 1. The van der Waals surface area contributed by atoms with Gasteiger partial charge in [-0.2, -0.15) is 0 Å². The molecule has 0 bridgehead atoms. The van der Waals surface area contributed by atoms with Crippen LogP contribution < -0.4 is 4.74 Å². The molecule has 0 aliphatic heterocycles. The van der Waals surface area contributed by atoms with Gasteiger partial charge in [-0.3, -0.25) is 4.79 Å². The Bertz CT molecular complexity index is 862. The maximum atomic E-state index is 12.7. The summed E-state index contributed by atoms with van der Waals surface area (Å²) in [5, 5.41) is 5.41. The second kappa shape index (κ2) is 8.66. The van der Waals surface area contributed by atoms with Gasteiger partial charge < -0.3 is 9.64 Å². The van der Waals surface area contributed by atoms with Crippen LogP contribution in [0.4, 0.5) is 0 Å². The van der Waals surface area contributed by atoms with E-state index in [2.05, 4.69) is 4.98 Å². The first kappa shape index (κ1) is 18.9. The first-order chi connectivity index (χ1) is 12.5. The van der Waals surface area contributed by atoms with Gasteiger partial charge in [0.05, 0.1) is 17.1 Å². The van der Waals surface area contributed by atoms with E-state index in [1.165, 1.54) is 22.7 Å². The van der Waals surface area contributed by atoms with Crippen LogP contribution >= 0.6 is 34.3 Å². The van der Waals surface area contributed by atoms with Crippen LogP contribution in [0.2, 0.25) is 5.02 Å². The number of hydrogen-bond donors (Lipinski definition) is 0. The van der Waals surface area contributed by atoms with Gasteiger partial charge in [0.15, 0.2) is 0 Å². The van der Waals surface area contributed by atoms with Gasteiger partial charge in [-0.15, -0.1) is 22.7 Å². The number of hydrogen-bond acceptors (Lipinski definition) is 5. The average Bonchev–Trinajstić information content (AvgIpc) is 3.29. The van der Waals surface area contributed by atoms with Gasteiger partial charge in [-0.25, -0.2) is 4.98 Å². The molecule has 0 fully saturated rings. The van der Waals surface area contributed by atoms with E-state index in [9.17, 15) is 4.79 Å². The Morgan fingerprint density at radius 1 is 1.27 bits per heavy atom. The molecule has 26 heavy (non-hydrogen) atoms. The number of nitrogens with zero attached hydrogens (tertiary/aromatic N) is 2. The third-order valence-corrected chi connectivity index (χ3v) is 5.67. The fraction of sp³-hybridized carbons (Fsp3) is 0.263. The zero-order chi connectivity index (χ0) is 18.5. The Kier molecular flexibility index (Phi) is 6.29. The predicted molar refractivity (Wildman–Crippen MR) is 107 cm³/mol. The lowest BCUT2D eigenvalue weighted by atomic mass is 10.2. The highest BCUT2D eigenvalue weighted by Crippen LogP contribution is 2.21. The molecular formula is C19H19ClN2O2S2. The topological polar surface area (TPSA) is 42.4 Å². The summed E-state index contributed by atoms with van der Waals surface area (Å²) in [5.74, 6) is 0.755. The molecule has 0 atom stereocenters. The Morgan fingerprint density at radius 3 is 2.81 bits per heavy atom. The minimum absolute atomic E-state index is 0.0414. The molecule has 0 saturated heterocycles. The summed E-state index contributed by atoms with van der Waals surface area (Å²) in [6, 6.07) is 11.1. The van der Waals surface area contributed by atoms with Crippen LogP contribution in [-0.4, -0.2) is 21.8 Å². The first-order valence-corrected chi connectivity index (χ1v) is 10.3. The molecule has 0 N–H and O–H groups in total. The molecule has 0 aliphatic rings. The molecular weight excluding hydrogens is 388 g/mol. The van der Waals surface area contributed by atoms with Crippen LogP contribution in [0.3, 0.4) is 0 Å². The third kappa shape index (κ3) is 4.84. The Labute approximate surface area is 166 Å². The summed E-state index contributed by atoms with van der Waals surface area (Å²) < 4.78 is 5.73.